The second-order valence-electron chi connectivity index (χ2n) is 6.82. The van der Waals surface area contributed by atoms with Gasteiger partial charge in [0.15, 0.2) is 5.76 Å². The summed E-state index contributed by atoms with van der Waals surface area (Å²) >= 11 is 5.87. The average molecular weight is 419 g/mol. The predicted octanol–water partition coefficient (Wildman–Crippen LogP) is 3.26. The first kappa shape index (κ1) is 20.5. The molecule has 1 unspecified atom stereocenters. The molecule has 3 rings (SSSR count). The standard InChI is InChI=1S/C19H19ClN4O5/c1-19(18(26)21-11-13-4-6-14(20)7-5-13)10-2-3-16(25)23(19)22-12-15-8-9-17(29-15)24(27)28/h4-9,12H,2-3,10-11H2,1H3,(H,21,26)/b22-12+. The molecular formula is C19H19ClN4O5. The number of nitrogens with one attached hydrogen (secondary N) is 1. The smallest absolute Gasteiger partial charge is 0.400 e. The van der Waals surface area contributed by atoms with E-state index in [9.17, 15) is 19.7 Å². The van der Waals surface area contributed by atoms with Crippen molar-refractivity contribution in [2.24, 2.45) is 5.10 Å². The van der Waals surface area contributed by atoms with Crippen molar-refractivity contribution in [2.75, 3.05) is 0 Å². The molecule has 29 heavy (non-hydrogen) atoms. The van der Waals surface area contributed by atoms with Crippen LogP contribution in [0.3, 0.4) is 0 Å². The Morgan fingerprint density at radius 2 is 2.10 bits per heavy atom. The van der Waals surface area contributed by atoms with E-state index in [0.717, 1.165) is 10.6 Å². The lowest BCUT2D eigenvalue weighted by Gasteiger charge is -2.39. The number of halogens is 1. The number of carbonyl (C=O) groups excluding carboxylic acids is 2. The van der Waals surface area contributed by atoms with Crippen LogP contribution in [-0.4, -0.2) is 33.5 Å². The fourth-order valence-electron chi connectivity index (χ4n) is 3.07. The van der Waals surface area contributed by atoms with E-state index in [2.05, 4.69) is 10.4 Å². The third-order valence-electron chi connectivity index (χ3n) is 4.71. The highest BCUT2D eigenvalue weighted by Crippen LogP contribution is 2.30. The number of hydrazone groups is 1. The molecule has 1 atom stereocenters. The minimum atomic E-state index is -1.18. The maximum absolute atomic E-state index is 12.9. The highest BCUT2D eigenvalue weighted by atomic mass is 35.5. The Bertz CT molecular complexity index is 956. The first-order valence-electron chi connectivity index (χ1n) is 8.93. The molecule has 1 fully saturated rings. The fourth-order valence-corrected chi connectivity index (χ4v) is 3.20. The van der Waals surface area contributed by atoms with Crippen molar-refractivity contribution in [3.63, 3.8) is 0 Å². The number of nitrogens with zero attached hydrogens (tertiary/aromatic N) is 3. The van der Waals surface area contributed by atoms with Crippen LogP contribution in [-0.2, 0) is 16.1 Å². The van der Waals surface area contributed by atoms with Gasteiger partial charge in [-0.2, -0.15) is 5.10 Å². The summed E-state index contributed by atoms with van der Waals surface area (Å²) in [5, 5.41) is 19.4. The van der Waals surface area contributed by atoms with Gasteiger partial charge in [0, 0.05) is 18.0 Å². The van der Waals surface area contributed by atoms with Crippen molar-refractivity contribution < 1.29 is 18.9 Å². The van der Waals surface area contributed by atoms with Gasteiger partial charge in [-0.25, -0.2) is 5.01 Å². The van der Waals surface area contributed by atoms with Crippen LogP contribution in [0.25, 0.3) is 0 Å². The number of carbonyl (C=O) groups is 2. The van der Waals surface area contributed by atoms with Crippen LogP contribution in [0.15, 0.2) is 45.9 Å². The third-order valence-corrected chi connectivity index (χ3v) is 4.96. The quantitative estimate of drug-likeness (QED) is 0.438. The van der Waals surface area contributed by atoms with Gasteiger partial charge in [0.25, 0.3) is 0 Å². The van der Waals surface area contributed by atoms with Gasteiger partial charge in [-0.3, -0.25) is 19.7 Å². The lowest BCUT2D eigenvalue weighted by molar-refractivity contribution is -0.402. The molecule has 1 aromatic heterocycles. The van der Waals surface area contributed by atoms with Crippen LogP contribution >= 0.6 is 11.6 Å². The van der Waals surface area contributed by atoms with E-state index in [-0.39, 0.29) is 30.5 Å². The van der Waals surface area contributed by atoms with Crippen LogP contribution in [0.5, 0.6) is 0 Å². The maximum atomic E-state index is 12.9. The van der Waals surface area contributed by atoms with Gasteiger partial charge in [0.1, 0.15) is 10.5 Å². The topological polar surface area (TPSA) is 118 Å². The highest BCUT2D eigenvalue weighted by Gasteiger charge is 2.45. The number of hydrogen-bond acceptors (Lipinski definition) is 6. The van der Waals surface area contributed by atoms with Crippen molar-refractivity contribution in [3.05, 3.63) is 62.9 Å². The van der Waals surface area contributed by atoms with Crippen molar-refractivity contribution >= 4 is 35.5 Å². The largest absolute Gasteiger partial charge is 0.433 e. The van der Waals surface area contributed by atoms with E-state index < -0.39 is 16.3 Å². The van der Waals surface area contributed by atoms with Crippen LogP contribution in [0, 0.1) is 10.1 Å². The molecule has 0 aliphatic carbocycles. The summed E-state index contributed by atoms with van der Waals surface area (Å²) in [5.74, 6) is -0.973. The molecule has 152 valence electrons. The maximum Gasteiger partial charge on any atom is 0.433 e. The normalized spacial score (nSPS) is 19.5. The van der Waals surface area contributed by atoms with Crippen LogP contribution in [0.4, 0.5) is 5.88 Å². The molecule has 0 spiro atoms. The molecule has 0 radical (unpaired) electrons. The van der Waals surface area contributed by atoms with Crippen molar-refractivity contribution in [1.82, 2.24) is 10.3 Å². The number of hydrogen-bond donors (Lipinski definition) is 1. The molecule has 1 N–H and O–H groups in total. The number of nitro groups is 1. The second-order valence-corrected chi connectivity index (χ2v) is 7.26. The number of piperidine rings is 1. The summed E-state index contributed by atoms with van der Waals surface area (Å²) in [5.41, 5.74) is -0.317. The molecule has 2 heterocycles. The fraction of sp³-hybridized carbons (Fsp3) is 0.316. The summed E-state index contributed by atoms with van der Waals surface area (Å²) in [6.07, 6.45) is 2.44. The van der Waals surface area contributed by atoms with Crippen LogP contribution in [0.2, 0.25) is 5.02 Å². The summed E-state index contributed by atoms with van der Waals surface area (Å²) in [7, 11) is 0. The van der Waals surface area contributed by atoms with Gasteiger partial charge < -0.3 is 9.73 Å². The first-order valence-corrected chi connectivity index (χ1v) is 9.31. The van der Waals surface area contributed by atoms with Crippen molar-refractivity contribution in [3.8, 4) is 0 Å². The van der Waals surface area contributed by atoms with Gasteiger partial charge in [0.05, 0.1) is 12.3 Å². The zero-order valence-corrected chi connectivity index (χ0v) is 16.4. The second kappa shape index (κ2) is 8.44. The Morgan fingerprint density at radius 3 is 2.76 bits per heavy atom. The Labute approximate surface area is 171 Å². The summed E-state index contributed by atoms with van der Waals surface area (Å²) in [6, 6.07) is 9.63. The van der Waals surface area contributed by atoms with Crippen LogP contribution in [0.1, 0.15) is 37.5 Å². The van der Waals surface area contributed by atoms with E-state index in [4.69, 9.17) is 16.0 Å². The molecule has 0 saturated carbocycles. The lowest BCUT2D eigenvalue weighted by atomic mass is 9.88. The molecule has 0 bridgehead atoms. The molecule has 1 aromatic carbocycles. The SMILES string of the molecule is CC1(C(=O)NCc2ccc(Cl)cc2)CCCC(=O)N1/N=C/c1ccc([N+](=O)[O-])o1. The molecule has 1 aliphatic rings. The minimum absolute atomic E-state index is 0.110. The number of rotatable bonds is 6. The molecule has 9 nitrogen and oxygen atoms in total. The zero-order valence-electron chi connectivity index (χ0n) is 15.6. The van der Waals surface area contributed by atoms with Crippen molar-refractivity contribution in [2.45, 2.75) is 38.3 Å². The van der Waals surface area contributed by atoms with Gasteiger partial charge in [-0.15, -0.1) is 0 Å². The summed E-state index contributed by atoms with van der Waals surface area (Å²) < 4.78 is 5.02. The highest BCUT2D eigenvalue weighted by molar-refractivity contribution is 6.30. The van der Waals surface area contributed by atoms with Crippen LogP contribution < -0.4 is 5.32 Å². The minimum Gasteiger partial charge on any atom is -0.400 e. The predicted molar refractivity (Wildman–Crippen MR) is 105 cm³/mol. The molecule has 1 aliphatic heterocycles. The summed E-state index contributed by atoms with van der Waals surface area (Å²) in [4.78, 5) is 35.4. The molecular weight excluding hydrogens is 400 g/mol. The third kappa shape index (κ3) is 4.62. The van der Waals surface area contributed by atoms with E-state index in [1.807, 2.05) is 0 Å². The monoisotopic (exact) mass is 418 g/mol. The van der Waals surface area contributed by atoms with Gasteiger partial charge in [-0.05, 0) is 43.5 Å². The van der Waals surface area contributed by atoms with Gasteiger partial charge >= 0.3 is 5.88 Å². The average Bonchev–Trinajstić information content (AvgIpc) is 3.16. The van der Waals surface area contributed by atoms with E-state index >= 15 is 0 Å². The summed E-state index contributed by atoms with van der Waals surface area (Å²) in [6.45, 7) is 1.92. The number of amides is 2. The molecule has 2 aromatic rings. The Balaban J connectivity index is 1.75. The first-order chi connectivity index (χ1) is 13.8. The molecule has 2 amide bonds. The van der Waals surface area contributed by atoms with E-state index in [0.29, 0.717) is 17.9 Å². The molecule has 1 saturated heterocycles. The lowest BCUT2D eigenvalue weighted by Crippen LogP contribution is -2.58. The number of furan rings is 1. The zero-order chi connectivity index (χ0) is 21.0. The Kier molecular flexibility index (Phi) is 5.97. The van der Waals surface area contributed by atoms with Gasteiger partial charge in [-0.1, -0.05) is 23.7 Å². The Hall–Kier alpha value is -3.20. The number of benzene rings is 1. The Morgan fingerprint density at radius 1 is 1.38 bits per heavy atom. The van der Waals surface area contributed by atoms with E-state index in [1.165, 1.54) is 18.3 Å². The van der Waals surface area contributed by atoms with Crippen molar-refractivity contribution in [1.29, 1.82) is 0 Å². The van der Waals surface area contributed by atoms with E-state index in [1.54, 1.807) is 31.2 Å². The van der Waals surface area contributed by atoms with Gasteiger partial charge in [0.2, 0.25) is 11.8 Å². The molecule has 10 heteroatoms.